The molecule has 4 heteroatoms. The van der Waals surface area contributed by atoms with E-state index in [1.54, 1.807) is 0 Å². The van der Waals surface area contributed by atoms with E-state index < -0.39 is 5.60 Å². The first kappa shape index (κ1) is 13.8. The van der Waals surface area contributed by atoms with Crippen molar-refractivity contribution in [2.45, 2.75) is 31.8 Å². The van der Waals surface area contributed by atoms with Gasteiger partial charge < -0.3 is 14.9 Å². The van der Waals surface area contributed by atoms with Crippen LogP contribution in [0.5, 0.6) is 0 Å². The Balaban J connectivity index is 1.68. The topological polar surface area (TPSA) is 39.6 Å². The van der Waals surface area contributed by atoms with Crippen LogP contribution in [0.2, 0.25) is 0 Å². The number of β-amino-alcohol motifs (C(OH)–C–C–N with tert-alkyl or cyclic N) is 1. The molecule has 0 unspecified atom stereocenters. The first-order chi connectivity index (χ1) is 9.60. The first-order valence-corrected chi connectivity index (χ1v) is 7.71. The molecule has 110 valence electrons. The highest BCUT2D eigenvalue weighted by molar-refractivity contribution is 5.45. The lowest BCUT2D eigenvalue weighted by Gasteiger charge is -2.52. The SMILES string of the molecule is CCc1ccc(N2CCC[C@H](C3(O)CN(C)C3)C2)cn1. The fourth-order valence-electron chi connectivity index (χ4n) is 3.61. The van der Waals surface area contributed by atoms with Crippen molar-refractivity contribution in [2.24, 2.45) is 5.92 Å². The number of piperidine rings is 1. The molecule has 0 bridgehead atoms. The number of hydrogen-bond donors (Lipinski definition) is 1. The molecule has 4 nitrogen and oxygen atoms in total. The third kappa shape index (κ3) is 2.54. The summed E-state index contributed by atoms with van der Waals surface area (Å²) < 4.78 is 0. The van der Waals surface area contributed by atoms with Gasteiger partial charge in [-0.05, 0) is 38.4 Å². The molecule has 2 aliphatic heterocycles. The highest BCUT2D eigenvalue weighted by atomic mass is 16.3. The Morgan fingerprint density at radius 3 is 2.80 bits per heavy atom. The van der Waals surface area contributed by atoms with Crippen LogP contribution in [0.25, 0.3) is 0 Å². The molecule has 2 saturated heterocycles. The lowest BCUT2D eigenvalue weighted by atomic mass is 9.76. The van der Waals surface area contributed by atoms with Gasteiger partial charge >= 0.3 is 0 Å². The van der Waals surface area contributed by atoms with E-state index in [-0.39, 0.29) is 0 Å². The van der Waals surface area contributed by atoms with Crippen LogP contribution >= 0.6 is 0 Å². The standard InChI is InChI=1S/C16H25N3O/c1-3-14-6-7-15(9-17-14)19-8-4-5-13(10-19)16(20)11-18(2)12-16/h6-7,9,13,20H,3-5,8,10-12H2,1-2H3/t13-/m0/s1. The van der Waals surface area contributed by atoms with Crippen molar-refractivity contribution < 1.29 is 5.11 Å². The molecule has 0 radical (unpaired) electrons. The highest BCUT2D eigenvalue weighted by Crippen LogP contribution is 2.35. The van der Waals surface area contributed by atoms with Crippen LogP contribution in [-0.2, 0) is 6.42 Å². The van der Waals surface area contributed by atoms with Crippen molar-refractivity contribution in [1.82, 2.24) is 9.88 Å². The van der Waals surface area contributed by atoms with Gasteiger partial charge in [-0.1, -0.05) is 6.92 Å². The molecule has 1 atom stereocenters. The lowest BCUT2D eigenvalue weighted by Crippen LogP contribution is -2.66. The van der Waals surface area contributed by atoms with Gasteiger partial charge in [0.25, 0.3) is 0 Å². The number of hydrogen-bond acceptors (Lipinski definition) is 4. The molecule has 0 spiro atoms. The lowest BCUT2D eigenvalue weighted by molar-refractivity contribution is -0.128. The third-order valence-electron chi connectivity index (χ3n) is 4.81. The summed E-state index contributed by atoms with van der Waals surface area (Å²) in [6.45, 7) is 5.80. The summed E-state index contributed by atoms with van der Waals surface area (Å²) in [6, 6.07) is 4.29. The molecule has 3 heterocycles. The van der Waals surface area contributed by atoms with E-state index in [1.807, 2.05) is 6.20 Å². The number of anilines is 1. The van der Waals surface area contributed by atoms with Crippen molar-refractivity contribution in [3.8, 4) is 0 Å². The van der Waals surface area contributed by atoms with Crippen molar-refractivity contribution in [2.75, 3.05) is 38.1 Å². The number of nitrogens with zero attached hydrogens (tertiary/aromatic N) is 3. The van der Waals surface area contributed by atoms with E-state index in [0.29, 0.717) is 5.92 Å². The fourth-order valence-corrected chi connectivity index (χ4v) is 3.61. The summed E-state index contributed by atoms with van der Waals surface area (Å²) >= 11 is 0. The van der Waals surface area contributed by atoms with Gasteiger partial charge in [0.2, 0.25) is 0 Å². The highest BCUT2D eigenvalue weighted by Gasteiger charge is 2.46. The predicted octanol–water partition coefficient (Wildman–Crippen LogP) is 1.54. The van der Waals surface area contributed by atoms with Crippen LogP contribution in [0.3, 0.4) is 0 Å². The van der Waals surface area contributed by atoms with Crippen molar-refractivity contribution in [1.29, 1.82) is 0 Å². The van der Waals surface area contributed by atoms with Gasteiger partial charge in [-0.25, -0.2) is 0 Å². The molecule has 0 aliphatic carbocycles. The second-order valence-corrected chi connectivity index (χ2v) is 6.42. The second kappa shape index (κ2) is 5.34. The van der Waals surface area contributed by atoms with E-state index in [1.165, 1.54) is 5.69 Å². The zero-order valence-electron chi connectivity index (χ0n) is 12.5. The summed E-state index contributed by atoms with van der Waals surface area (Å²) in [4.78, 5) is 9.07. The number of aromatic nitrogens is 1. The van der Waals surface area contributed by atoms with Gasteiger partial charge in [0.15, 0.2) is 0 Å². The normalized spacial score (nSPS) is 26.4. The van der Waals surface area contributed by atoms with Crippen LogP contribution in [0, 0.1) is 5.92 Å². The van der Waals surface area contributed by atoms with Gasteiger partial charge in [0, 0.05) is 37.8 Å². The van der Waals surface area contributed by atoms with Crippen molar-refractivity contribution in [3.05, 3.63) is 24.0 Å². The van der Waals surface area contributed by atoms with Crippen molar-refractivity contribution in [3.63, 3.8) is 0 Å². The smallest absolute Gasteiger partial charge is 0.0944 e. The molecule has 0 aromatic carbocycles. The molecule has 1 aromatic heterocycles. The third-order valence-corrected chi connectivity index (χ3v) is 4.81. The van der Waals surface area contributed by atoms with Crippen molar-refractivity contribution >= 4 is 5.69 Å². The Bertz CT molecular complexity index is 453. The van der Waals surface area contributed by atoms with E-state index in [2.05, 4.69) is 40.9 Å². The van der Waals surface area contributed by atoms with Gasteiger partial charge in [-0.15, -0.1) is 0 Å². The Labute approximate surface area is 121 Å². The predicted molar refractivity (Wildman–Crippen MR) is 81.0 cm³/mol. The Morgan fingerprint density at radius 1 is 1.40 bits per heavy atom. The number of rotatable bonds is 3. The maximum absolute atomic E-state index is 10.7. The minimum atomic E-state index is -0.468. The quantitative estimate of drug-likeness (QED) is 0.908. The van der Waals surface area contributed by atoms with Crippen LogP contribution in [0.1, 0.15) is 25.5 Å². The molecule has 20 heavy (non-hydrogen) atoms. The van der Waals surface area contributed by atoms with E-state index >= 15 is 0 Å². The molecule has 0 saturated carbocycles. The Hall–Kier alpha value is -1.13. The molecule has 2 fully saturated rings. The summed E-state index contributed by atoms with van der Waals surface area (Å²) in [5.74, 6) is 0.387. The van der Waals surface area contributed by atoms with Crippen LogP contribution < -0.4 is 4.90 Å². The molecule has 1 N–H and O–H groups in total. The number of likely N-dealkylation sites (tertiary alicyclic amines) is 1. The fraction of sp³-hybridized carbons (Fsp3) is 0.688. The molecular formula is C16H25N3O. The number of aryl methyl sites for hydroxylation is 1. The summed E-state index contributed by atoms with van der Waals surface area (Å²) in [5.41, 5.74) is 1.87. The zero-order valence-corrected chi connectivity index (χ0v) is 12.5. The van der Waals surface area contributed by atoms with Crippen LogP contribution in [0.15, 0.2) is 18.3 Å². The van der Waals surface area contributed by atoms with E-state index in [0.717, 1.165) is 51.1 Å². The summed E-state index contributed by atoms with van der Waals surface area (Å²) in [5, 5.41) is 10.7. The number of pyridine rings is 1. The van der Waals surface area contributed by atoms with E-state index in [9.17, 15) is 5.11 Å². The van der Waals surface area contributed by atoms with Gasteiger partial charge in [-0.3, -0.25) is 4.98 Å². The average molecular weight is 275 g/mol. The Kier molecular flexibility index (Phi) is 3.69. The maximum Gasteiger partial charge on any atom is 0.0944 e. The molecule has 1 aromatic rings. The largest absolute Gasteiger partial charge is 0.387 e. The van der Waals surface area contributed by atoms with Crippen LogP contribution in [0.4, 0.5) is 5.69 Å². The number of likely N-dealkylation sites (N-methyl/N-ethyl adjacent to an activating group) is 1. The molecular weight excluding hydrogens is 250 g/mol. The minimum absolute atomic E-state index is 0.387. The second-order valence-electron chi connectivity index (χ2n) is 6.42. The minimum Gasteiger partial charge on any atom is -0.387 e. The van der Waals surface area contributed by atoms with E-state index in [4.69, 9.17) is 0 Å². The van der Waals surface area contributed by atoms with Crippen LogP contribution in [-0.4, -0.2) is 53.8 Å². The van der Waals surface area contributed by atoms with Gasteiger partial charge in [0.1, 0.15) is 0 Å². The molecule has 3 rings (SSSR count). The number of aliphatic hydroxyl groups is 1. The van der Waals surface area contributed by atoms with Gasteiger partial charge in [-0.2, -0.15) is 0 Å². The average Bonchev–Trinajstić information content (AvgIpc) is 2.46. The first-order valence-electron chi connectivity index (χ1n) is 7.71. The van der Waals surface area contributed by atoms with Gasteiger partial charge in [0.05, 0.1) is 17.5 Å². The zero-order chi connectivity index (χ0) is 14.2. The monoisotopic (exact) mass is 275 g/mol. The summed E-state index contributed by atoms with van der Waals surface area (Å²) in [6.07, 6.45) is 5.26. The Morgan fingerprint density at radius 2 is 2.20 bits per heavy atom. The molecule has 0 amide bonds. The summed E-state index contributed by atoms with van der Waals surface area (Å²) in [7, 11) is 2.07. The maximum atomic E-state index is 10.7. The molecule has 2 aliphatic rings.